The highest BCUT2D eigenvalue weighted by Crippen LogP contribution is 2.35. The fourth-order valence-electron chi connectivity index (χ4n) is 3.01. The number of esters is 1. The molecule has 2 atom stereocenters. The van der Waals surface area contributed by atoms with E-state index in [9.17, 15) is 4.79 Å². The van der Waals surface area contributed by atoms with Gasteiger partial charge in [-0.25, -0.2) is 4.79 Å². The average Bonchev–Trinajstić information content (AvgIpc) is 2.67. The van der Waals surface area contributed by atoms with Gasteiger partial charge in [0.1, 0.15) is 0 Å². The normalized spacial score (nSPS) is 18.0. The van der Waals surface area contributed by atoms with Crippen LogP contribution in [0.5, 0.6) is 0 Å². The second-order valence-corrected chi connectivity index (χ2v) is 5.82. The number of rotatable bonds is 4. The molecule has 2 aromatic carbocycles. The maximum absolute atomic E-state index is 11.9. The van der Waals surface area contributed by atoms with Gasteiger partial charge >= 0.3 is 5.97 Å². The number of carbonyl (C=O) groups is 1. The Hall–Kier alpha value is -2.81. The molecule has 1 unspecified atom stereocenters. The van der Waals surface area contributed by atoms with Crippen molar-refractivity contribution in [2.75, 3.05) is 7.11 Å². The lowest BCUT2D eigenvalue weighted by Gasteiger charge is -2.37. The smallest absolute Gasteiger partial charge is 0.339 e. The molecule has 2 aromatic rings. The van der Waals surface area contributed by atoms with E-state index >= 15 is 0 Å². The monoisotopic (exact) mass is 319 g/mol. The van der Waals surface area contributed by atoms with Gasteiger partial charge in [0.25, 0.3) is 0 Å². The standard InChI is InChI=1S/C21H21NO2/c1-16(17-9-5-3-6-10-17)22-15-19(21(23)24-2)13-14-20(22)18-11-7-4-8-12-18/h3-16,20H,1-2H3/t16-,20?/m0/s1. The summed E-state index contributed by atoms with van der Waals surface area (Å²) >= 11 is 0. The summed E-state index contributed by atoms with van der Waals surface area (Å²) in [5.74, 6) is -0.317. The van der Waals surface area contributed by atoms with Crippen molar-refractivity contribution in [3.63, 3.8) is 0 Å². The van der Waals surface area contributed by atoms with Gasteiger partial charge in [-0.1, -0.05) is 66.7 Å². The zero-order chi connectivity index (χ0) is 16.9. The molecule has 1 heterocycles. The van der Waals surface area contributed by atoms with Crippen LogP contribution in [0.4, 0.5) is 0 Å². The van der Waals surface area contributed by atoms with Gasteiger partial charge in [-0.3, -0.25) is 0 Å². The first-order chi connectivity index (χ1) is 11.7. The van der Waals surface area contributed by atoms with Crippen LogP contribution in [0.2, 0.25) is 0 Å². The minimum atomic E-state index is -0.317. The Labute approximate surface area is 142 Å². The van der Waals surface area contributed by atoms with Crippen LogP contribution < -0.4 is 0 Å². The summed E-state index contributed by atoms with van der Waals surface area (Å²) in [6.45, 7) is 2.15. The summed E-state index contributed by atoms with van der Waals surface area (Å²) < 4.78 is 4.88. The number of methoxy groups -OCH3 is 1. The van der Waals surface area contributed by atoms with Gasteiger partial charge in [-0.15, -0.1) is 0 Å². The van der Waals surface area contributed by atoms with E-state index in [1.165, 1.54) is 18.2 Å². The van der Waals surface area contributed by atoms with Crippen LogP contribution in [0.15, 0.2) is 84.6 Å². The second-order valence-electron chi connectivity index (χ2n) is 5.82. The molecule has 0 fully saturated rings. The van der Waals surface area contributed by atoms with Crippen LogP contribution in [0.25, 0.3) is 0 Å². The van der Waals surface area contributed by atoms with E-state index < -0.39 is 0 Å². The number of nitrogens with zero attached hydrogens (tertiary/aromatic N) is 1. The molecule has 3 heteroatoms. The molecule has 0 spiro atoms. The highest BCUT2D eigenvalue weighted by molar-refractivity contribution is 5.91. The van der Waals surface area contributed by atoms with Crippen molar-refractivity contribution in [1.29, 1.82) is 0 Å². The fourth-order valence-corrected chi connectivity index (χ4v) is 3.01. The fraction of sp³-hybridized carbons (Fsp3) is 0.190. The van der Waals surface area contributed by atoms with Crippen molar-refractivity contribution in [1.82, 2.24) is 4.90 Å². The first kappa shape index (κ1) is 16.1. The minimum Gasteiger partial charge on any atom is -0.465 e. The molecule has 0 aromatic heterocycles. The molecule has 24 heavy (non-hydrogen) atoms. The van der Waals surface area contributed by atoms with Gasteiger partial charge in [0.2, 0.25) is 0 Å². The molecule has 1 aliphatic rings. The van der Waals surface area contributed by atoms with Crippen molar-refractivity contribution >= 4 is 5.97 Å². The topological polar surface area (TPSA) is 29.5 Å². The lowest BCUT2D eigenvalue weighted by Crippen LogP contribution is -2.29. The Bertz CT molecular complexity index is 750. The second kappa shape index (κ2) is 7.18. The molecular formula is C21H21NO2. The van der Waals surface area contributed by atoms with E-state index in [0.29, 0.717) is 5.57 Å². The summed E-state index contributed by atoms with van der Waals surface area (Å²) in [6, 6.07) is 20.8. The van der Waals surface area contributed by atoms with Crippen LogP contribution in [-0.4, -0.2) is 18.0 Å². The van der Waals surface area contributed by atoms with Crippen LogP contribution in [0, 0.1) is 0 Å². The van der Waals surface area contributed by atoms with Crippen molar-refractivity contribution in [2.45, 2.75) is 19.0 Å². The SMILES string of the molecule is COC(=O)C1=CN([C@@H](C)c2ccccc2)C(c2ccccc2)C=C1. The number of ether oxygens (including phenoxy) is 1. The molecular weight excluding hydrogens is 298 g/mol. The van der Waals surface area contributed by atoms with Crippen molar-refractivity contribution in [3.8, 4) is 0 Å². The van der Waals surface area contributed by atoms with Crippen LogP contribution >= 0.6 is 0 Å². The third-order valence-electron chi connectivity index (χ3n) is 4.36. The molecule has 0 amide bonds. The van der Waals surface area contributed by atoms with Crippen molar-refractivity contribution < 1.29 is 9.53 Å². The predicted octanol–water partition coefficient (Wildman–Crippen LogP) is 4.42. The van der Waals surface area contributed by atoms with Crippen LogP contribution in [0.1, 0.15) is 30.1 Å². The Balaban J connectivity index is 1.99. The van der Waals surface area contributed by atoms with E-state index in [2.05, 4.69) is 42.2 Å². The molecule has 0 aliphatic carbocycles. The molecule has 0 saturated carbocycles. The number of hydrogen-bond donors (Lipinski definition) is 0. The summed E-state index contributed by atoms with van der Waals surface area (Å²) in [7, 11) is 1.41. The molecule has 0 N–H and O–H groups in total. The highest BCUT2D eigenvalue weighted by Gasteiger charge is 2.26. The van der Waals surface area contributed by atoms with Crippen LogP contribution in [-0.2, 0) is 9.53 Å². The van der Waals surface area contributed by atoms with Gasteiger partial charge in [-0.05, 0) is 24.1 Å². The van der Waals surface area contributed by atoms with E-state index in [1.807, 2.05) is 48.7 Å². The molecule has 122 valence electrons. The van der Waals surface area contributed by atoms with Gasteiger partial charge in [0.15, 0.2) is 0 Å². The van der Waals surface area contributed by atoms with Gasteiger partial charge in [-0.2, -0.15) is 0 Å². The van der Waals surface area contributed by atoms with Gasteiger partial charge < -0.3 is 9.64 Å². The molecule has 0 radical (unpaired) electrons. The summed E-state index contributed by atoms with van der Waals surface area (Å²) in [5.41, 5.74) is 2.96. The van der Waals surface area contributed by atoms with E-state index in [-0.39, 0.29) is 18.1 Å². The Morgan fingerprint density at radius 3 is 2.29 bits per heavy atom. The third-order valence-corrected chi connectivity index (χ3v) is 4.36. The number of carbonyl (C=O) groups excluding carboxylic acids is 1. The molecule has 0 saturated heterocycles. The largest absolute Gasteiger partial charge is 0.465 e. The highest BCUT2D eigenvalue weighted by atomic mass is 16.5. The van der Waals surface area contributed by atoms with Gasteiger partial charge in [0.05, 0.1) is 24.8 Å². The summed E-state index contributed by atoms with van der Waals surface area (Å²) in [4.78, 5) is 14.2. The molecule has 0 bridgehead atoms. The van der Waals surface area contributed by atoms with Gasteiger partial charge in [0, 0.05) is 6.20 Å². The molecule has 1 aliphatic heterocycles. The Kier molecular flexibility index (Phi) is 4.80. The first-order valence-corrected chi connectivity index (χ1v) is 8.06. The number of hydrogen-bond acceptors (Lipinski definition) is 3. The number of benzene rings is 2. The third kappa shape index (κ3) is 3.25. The lowest BCUT2D eigenvalue weighted by molar-refractivity contribution is -0.135. The summed E-state index contributed by atoms with van der Waals surface area (Å²) in [5, 5.41) is 0. The molecule has 3 nitrogen and oxygen atoms in total. The van der Waals surface area contributed by atoms with Crippen LogP contribution in [0.3, 0.4) is 0 Å². The Morgan fingerprint density at radius 1 is 1.04 bits per heavy atom. The van der Waals surface area contributed by atoms with Crippen molar-refractivity contribution in [2.24, 2.45) is 0 Å². The minimum absolute atomic E-state index is 0.0785. The zero-order valence-corrected chi connectivity index (χ0v) is 13.9. The first-order valence-electron chi connectivity index (χ1n) is 8.06. The quantitative estimate of drug-likeness (QED) is 0.781. The molecule has 3 rings (SSSR count). The lowest BCUT2D eigenvalue weighted by atomic mass is 9.97. The maximum atomic E-state index is 11.9. The predicted molar refractivity (Wildman–Crippen MR) is 95.1 cm³/mol. The van der Waals surface area contributed by atoms with E-state index in [0.717, 1.165) is 0 Å². The zero-order valence-electron chi connectivity index (χ0n) is 13.9. The summed E-state index contributed by atoms with van der Waals surface area (Å²) in [6.07, 6.45) is 5.81. The van der Waals surface area contributed by atoms with E-state index in [1.54, 1.807) is 0 Å². The average molecular weight is 319 g/mol. The van der Waals surface area contributed by atoms with E-state index in [4.69, 9.17) is 4.74 Å². The van der Waals surface area contributed by atoms with Crippen molar-refractivity contribution in [3.05, 3.63) is 95.7 Å². The maximum Gasteiger partial charge on any atom is 0.339 e. The Morgan fingerprint density at radius 2 is 1.67 bits per heavy atom.